The minimum absolute atomic E-state index is 0.0179. The Kier molecular flexibility index (Phi) is 2.90. The van der Waals surface area contributed by atoms with Gasteiger partial charge in [0.15, 0.2) is 0 Å². The molecular weight excluding hydrogens is 314 g/mol. The molecule has 5 rings (SSSR count). The van der Waals surface area contributed by atoms with Crippen molar-refractivity contribution in [1.82, 2.24) is 19.9 Å². The number of rotatable bonds is 2. The molecule has 6 heteroatoms. The Morgan fingerprint density at radius 3 is 3.04 bits per heavy atom. The molecule has 3 aromatic rings. The molecule has 124 valence electrons. The molecule has 0 aromatic carbocycles. The van der Waals surface area contributed by atoms with Crippen molar-refractivity contribution < 1.29 is 4.79 Å². The monoisotopic (exact) mass is 331 g/mol. The van der Waals surface area contributed by atoms with E-state index in [4.69, 9.17) is 0 Å². The van der Waals surface area contributed by atoms with Gasteiger partial charge in [-0.3, -0.25) is 9.78 Å². The van der Waals surface area contributed by atoms with Gasteiger partial charge in [-0.1, -0.05) is 0 Å². The van der Waals surface area contributed by atoms with E-state index < -0.39 is 5.41 Å². The van der Waals surface area contributed by atoms with Crippen LogP contribution < -0.4 is 0 Å². The number of nitriles is 1. The van der Waals surface area contributed by atoms with Crippen molar-refractivity contribution in [3.05, 3.63) is 36.3 Å². The smallest absolute Gasteiger partial charge is 0.243 e. The maximum absolute atomic E-state index is 12.6. The zero-order valence-corrected chi connectivity index (χ0v) is 13.7. The summed E-state index contributed by atoms with van der Waals surface area (Å²) in [5.74, 6) is 0.286. The van der Waals surface area contributed by atoms with Crippen LogP contribution in [-0.2, 0) is 4.79 Å². The lowest BCUT2D eigenvalue weighted by Crippen LogP contribution is -2.34. The van der Waals surface area contributed by atoms with Gasteiger partial charge in [-0.2, -0.15) is 5.26 Å². The van der Waals surface area contributed by atoms with Crippen molar-refractivity contribution >= 4 is 27.8 Å². The molecule has 0 bridgehead atoms. The van der Waals surface area contributed by atoms with E-state index in [0.717, 1.165) is 34.9 Å². The summed E-state index contributed by atoms with van der Waals surface area (Å²) in [6.07, 6.45) is 7.84. The first-order valence-electron chi connectivity index (χ1n) is 8.63. The molecule has 2 aliphatic rings. The van der Waals surface area contributed by atoms with E-state index in [1.807, 2.05) is 23.4 Å². The van der Waals surface area contributed by atoms with Crippen molar-refractivity contribution in [2.45, 2.75) is 25.2 Å². The third kappa shape index (κ3) is 2.05. The second-order valence-corrected chi connectivity index (χ2v) is 7.09. The summed E-state index contributed by atoms with van der Waals surface area (Å²) >= 11 is 0. The number of amides is 1. The summed E-state index contributed by atoms with van der Waals surface area (Å²) in [6, 6.07) is 6.31. The number of nitrogens with one attached hydrogen (secondary N) is 1. The van der Waals surface area contributed by atoms with Crippen LogP contribution in [0.25, 0.3) is 21.9 Å². The first-order chi connectivity index (χ1) is 12.2. The predicted molar refractivity (Wildman–Crippen MR) is 92.6 cm³/mol. The first-order valence-corrected chi connectivity index (χ1v) is 8.63. The van der Waals surface area contributed by atoms with Gasteiger partial charge >= 0.3 is 0 Å². The number of hydrogen-bond donors (Lipinski definition) is 1. The van der Waals surface area contributed by atoms with Gasteiger partial charge in [0.1, 0.15) is 11.1 Å². The second kappa shape index (κ2) is 5.03. The number of carbonyl (C=O) groups is 1. The quantitative estimate of drug-likeness (QED) is 0.782. The normalized spacial score (nSPS) is 21.6. The molecule has 0 radical (unpaired) electrons. The fourth-order valence-corrected chi connectivity index (χ4v) is 4.02. The van der Waals surface area contributed by atoms with Gasteiger partial charge in [0, 0.05) is 42.2 Å². The Hall–Kier alpha value is -2.94. The number of fused-ring (bicyclic) bond motifs is 3. The maximum atomic E-state index is 12.6. The first kappa shape index (κ1) is 14.4. The number of aromatic amines is 1. The average molecular weight is 331 g/mol. The molecule has 6 nitrogen and oxygen atoms in total. The summed E-state index contributed by atoms with van der Waals surface area (Å²) in [5, 5.41) is 11.5. The van der Waals surface area contributed by atoms with Gasteiger partial charge in [0.25, 0.3) is 0 Å². The molecule has 25 heavy (non-hydrogen) atoms. The summed E-state index contributed by atoms with van der Waals surface area (Å²) in [5.41, 5.74) is 2.22. The van der Waals surface area contributed by atoms with E-state index in [2.05, 4.69) is 27.1 Å². The second-order valence-electron chi connectivity index (χ2n) is 7.09. The fourth-order valence-electron chi connectivity index (χ4n) is 4.02. The molecule has 2 fully saturated rings. The lowest BCUT2D eigenvalue weighted by Gasteiger charge is -2.19. The maximum Gasteiger partial charge on any atom is 0.243 e. The van der Waals surface area contributed by atoms with E-state index >= 15 is 0 Å². The van der Waals surface area contributed by atoms with E-state index in [-0.39, 0.29) is 11.8 Å². The Morgan fingerprint density at radius 1 is 1.36 bits per heavy atom. The molecule has 1 saturated heterocycles. The van der Waals surface area contributed by atoms with Gasteiger partial charge in [-0.25, -0.2) is 4.98 Å². The summed E-state index contributed by atoms with van der Waals surface area (Å²) < 4.78 is 0. The largest absolute Gasteiger partial charge is 0.346 e. The minimum Gasteiger partial charge on any atom is -0.346 e. The molecule has 1 saturated carbocycles. The lowest BCUT2D eigenvalue weighted by atomic mass is 9.94. The molecular formula is C19H17N5O. The number of hydrogen-bond acceptors (Lipinski definition) is 4. The predicted octanol–water partition coefficient (Wildman–Crippen LogP) is 2.73. The topological polar surface area (TPSA) is 85.7 Å². The van der Waals surface area contributed by atoms with Crippen molar-refractivity contribution in [3.63, 3.8) is 0 Å². The van der Waals surface area contributed by atoms with Crippen molar-refractivity contribution in [2.75, 3.05) is 13.1 Å². The minimum atomic E-state index is -0.729. The van der Waals surface area contributed by atoms with Crippen LogP contribution in [0.3, 0.4) is 0 Å². The number of nitrogens with zero attached hydrogens (tertiary/aromatic N) is 4. The molecule has 1 aliphatic carbocycles. The van der Waals surface area contributed by atoms with Crippen LogP contribution in [0.2, 0.25) is 0 Å². The zero-order valence-electron chi connectivity index (χ0n) is 13.7. The summed E-state index contributed by atoms with van der Waals surface area (Å²) in [7, 11) is 0. The Labute approximate surface area is 144 Å². The number of aromatic nitrogens is 3. The van der Waals surface area contributed by atoms with Crippen LogP contribution in [0.15, 0.2) is 30.7 Å². The Balaban J connectivity index is 1.53. The van der Waals surface area contributed by atoms with Crippen LogP contribution >= 0.6 is 0 Å². The SMILES string of the molecule is N#CC1(C(=O)N2CCC(c3ccnc4cnc5[nH]ccc5c34)C2)CC1. The zero-order chi connectivity index (χ0) is 17.0. The van der Waals surface area contributed by atoms with Crippen LogP contribution in [-0.4, -0.2) is 38.8 Å². The fraction of sp³-hybridized carbons (Fsp3) is 0.368. The van der Waals surface area contributed by atoms with E-state index in [1.54, 1.807) is 6.20 Å². The summed E-state index contributed by atoms with van der Waals surface area (Å²) in [4.78, 5) is 26.6. The Morgan fingerprint density at radius 2 is 2.24 bits per heavy atom. The van der Waals surface area contributed by atoms with Crippen LogP contribution in [0.1, 0.15) is 30.7 Å². The molecule has 1 N–H and O–H groups in total. The van der Waals surface area contributed by atoms with Crippen molar-refractivity contribution in [3.8, 4) is 6.07 Å². The highest BCUT2D eigenvalue weighted by molar-refractivity contribution is 6.05. The number of H-pyrrole nitrogens is 1. The van der Waals surface area contributed by atoms with Gasteiger partial charge in [-0.15, -0.1) is 0 Å². The van der Waals surface area contributed by atoms with Crippen LogP contribution in [0, 0.1) is 16.7 Å². The number of pyridine rings is 2. The lowest BCUT2D eigenvalue weighted by molar-refractivity contribution is -0.133. The summed E-state index contributed by atoms with van der Waals surface area (Å²) in [6.45, 7) is 1.40. The molecule has 4 heterocycles. The third-order valence-electron chi connectivity index (χ3n) is 5.61. The highest BCUT2D eigenvalue weighted by atomic mass is 16.2. The van der Waals surface area contributed by atoms with Gasteiger partial charge in [0.2, 0.25) is 5.91 Å². The Bertz CT molecular complexity index is 1040. The molecule has 1 aliphatic heterocycles. The molecule has 3 aromatic heterocycles. The van der Waals surface area contributed by atoms with Crippen molar-refractivity contribution in [1.29, 1.82) is 5.26 Å². The van der Waals surface area contributed by atoms with Gasteiger partial charge < -0.3 is 9.88 Å². The molecule has 1 atom stereocenters. The third-order valence-corrected chi connectivity index (χ3v) is 5.61. The van der Waals surface area contributed by atoms with Crippen LogP contribution in [0.5, 0.6) is 0 Å². The van der Waals surface area contributed by atoms with E-state index in [9.17, 15) is 10.1 Å². The van der Waals surface area contributed by atoms with E-state index in [1.165, 1.54) is 5.56 Å². The van der Waals surface area contributed by atoms with Crippen LogP contribution in [0.4, 0.5) is 0 Å². The highest BCUT2D eigenvalue weighted by Crippen LogP contribution is 2.47. The average Bonchev–Trinajstić information content (AvgIpc) is 3.07. The van der Waals surface area contributed by atoms with E-state index in [0.29, 0.717) is 19.4 Å². The van der Waals surface area contributed by atoms with Crippen molar-refractivity contribution in [2.24, 2.45) is 5.41 Å². The number of likely N-dealkylation sites (tertiary alicyclic amines) is 1. The standard InChI is InChI=1S/C19H17N5O/c20-11-19(4-5-19)18(25)24-8-3-12(10-24)13-1-6-21-15-9-23-17-14(16(13)15)2-7-22-17/h1-2,6-7,9,12H,3-5,8,10H2,(H,22,23). The molecule has 0 spiro atoms. The molecule has 1 amide bonds. The van der Waals surface area contributed by atoms with Gasteiger partial charge in [0.05, 0.1) is 17.8 Å². The number of carbonyl (C=O) groups excluding carboxylic acids is 1. The highest BCUT2D eigenvalue weighted by Gasteiger charge is 2.53. The van der Waals surface area contributed by atoms with Gasteiger partial charge in [-0.05, 0) is 37.0 Å². The molecule has 1 unspecified atom stereocenters.